The van der Waals surface area contributed by atoms with Crippen LogP contribution in [0.4, 0.5) is 0 Å². The van der Waals surface area contributed by atoms with Crippen molar-refractivity contribution in [2.24, 2.45) is 0 Å². The summed E-state index contributed by atoms with van der Waals surface area (Å²) in [4.78, 5) is 0. The SMILES string of the molecule is CC1(C)c2ccccc2Oc2cc(-c3cccc(-c4ccc(-c5cccc6oc7cc8ccccc8cc7c56)cc4)c3)ccc21. The molecule has 0 saturated heterocycles. The van der Waals surface area contributed by atoms with Crippen LogP contribution in [0.3, 0.4) is 0 Å². The molecule has 2 nitrogen and oxygen atoms in total. The number of fused-ring (bicyclic) bond motifs is 6. The molecule has 45 heavy (non-hydrogen) atoms. The Balaban J connectivity index is 1.07. The van der Waals surface area contributed by atoms with Gasteiger partial charge < -0.3 is 9.15 Å². The van der Waals surface area contributed by atoms with Crippen LogP contribution in [-0.2, 0) is 5.41 Å². The summed E-state index contributed by atoms with van der Waals surface area (Å²) in [5.41, 5.74) is 11.2. The molecule has 2 heterocycles. The van der Waals surface area contributed by atoms with E-state index in [1.165, 1.54) is 49.7 Å². The third-order valence-electron chi connectivity index (χ3n) is 9.52. The number of benzene rings is 7. The third-order valence-corrected chi connectivity index (χ3v) is 9.52. The second-order valence-electron chi connectivity index (χ2n) is 12.6. The molecule has 0 saturated carbocycles. The zero-order valence-corrected chi connectivity index (χ0v) is 25.2. The van der Waals surface area contributed by atoms with Crippen molar-refractivity contribution >= 4 is 32.7 Å². The van der Waals surface area contributed by atoms with Crippen LogP contribution in [0.25, 0.3) is 66.1 Å². The molecule has 7 aromatic carbocycles. The van der Waals surface area contributed by atoms with Crippen LogP contribution in [0.1, 0.15) is 25.0 Å². The first-order valence-corrected chi connectivity index (χ1v) is 15.5. The summed E-state index contributed by atoms with van der Waals surface area (Å²) < 4.78 is 12.7. The largest absolute Gasteiger partial charge is 0.457 e. The van der Waals surface area contributed by atoms with E-state index in [0.29, 0.717) is 0 Å². The molecule has 0 amide bonds. The van der Waals surface area contributed by atoms with Gasteiger partial charge in [-0.05, 0) is 80.6 Å². The van der Waals surface area contributed by atoms with E-state index in [-0.39, 0.29) is 5.41 Å². The lowest BCUT2D eigenvalue weighted by molar-refractivity contribution is 0.418. The van der Waals surface area contributed by atoms with Crippen molar-refractivity contribution in [2.45, 2.75) is 19.3 Å². The fourth-order valence-corrected chi connectivity index (χ4v) is 7.11. The molecule has 0 unspecified atom stereocenters. The summed E-state index contributed by atoms with van der Waals surface area (Å²) in [5.74, 6) is 1.87. The monoisotopic (exact) mass is 578 g/mol. The molecule has 0 aliphatic carbocycles. The van der Waals surface area contributed by atoms with Gasteiger partial charge in [-0.3, -0.25) is 0 Å². The molecule has 0 atom stereocenters. The molecule has 0 N–H and O–H groups in total. The highest BCUT2D eigenvalue weighted by atomic mass is 16.5. The number of para-hydroxylation sites is 1. The first-order chi connectivity index (χ1) is 22.0. The van der Waals surface area contributed by atoms with Crippen LogP contribution in [0, 0.1) is 0 Å². The van der Waals surface area contributed by atoms with Crippen LogP contribution in [0.15, 0.2) is 150 Å². The third kappa shape index (κ3) is 4.10. The Bertz CT molecular complexity index is 2420. The minimum absolute atomic E-state index is 0.118. The van der Waals surface area contributed by atoms with E-state index < -0.39 is 0 Å². The summed E-state index contributed by atoms with van der Waals surface area (Å²) in [6, 6.07) is 51.9. The van der Waals surface area contributed by atoms with Crippen LogP contribution in [0.2, 0.25) is 0 Å². The maximum absolute atomic E-state index is 6.41. The fourth-order valence-electron chi connectivity index (χ4n) is 7.11. The van der Waals surface area contributed by atoms with Gasteiger partial charge in [-0.1, -0.05) is 123 Å². The quantitative estimate of drug-likeness (QED) is 0.208. The Morgan fingerprint density at radius 3 is 1.93 bits per heavy atom. The molecule has 0 radical (unpaired) electrons. The molecule has 1 aliphatic rings. The molecule has 1 aliphatic heterocycles. The minimum atomic E-state index is -0.118. The molecule has 8 aromatic rings. The van der Waals surface area contributed by atoms with E-state index in [1.54, 1.807) is 0 Å². The van der Waals surface area contributed by atoms with Crippen LogP contribution < -0.4 is 4.74 Å². The van der Waals surface area contributed by atoms with Gasteiger partial charge in [0, 0.05) is 27.3 Å². The standard InChI is InChI=1S/C43H30O2/c1-43(2)36-14-5-6-15-38(36)44-41-26-33(21-22-37(41)43)30-12-7-11-29(23-30)27-17-19-28(20-18-27)34-13-8-16-39-42(34)35-24-31-9-3-4-10-32(31)25-40(35)45-39/h3-26H,1-2H3. The summed E-state index contributed by atoms with van der Waals surface area (Å²) in [6.45, 7) is 4.54. The molecule has 0 bridgehead atoms. The minimum Gasteiger partial charge on any atom is -0.457 e. The maximum atomic E-state index is 6.41. The number of furan rings is 1. The molecule has 214 valence electrons. The Morgan fingerprint density at radius 2 is 1.09 bits per heavy atom. The van der Waals surface area contributed by atoms with Crippen LogP contribution >= 0.6 is 0 Å². The van der Waals surface area contributed by atoms with E-state index in [9.17, 15) is 0 Å². The average Bonchev–Trinajstić information content (AvgIpc) is 3.45. The van der Waals surface area contributed by atoms with E-state index in [2.05, 4.69) is 153 Å². The molecule has 1 aromatic heterocycles. The second-order valence-corrected chi connectivity index (χ2v) is 12.6. The van der Waals surface area contributed by atoms with Gasteiger partial charge >= 0.3 is 0 Å². The molecule has 0 fully saturated rings. The van der Waals surface area contributed by atoms with Crippen molar-refractivity contribution in [1.29, 1.82) is 0 Å². The number of hydrogen-bond donors (Lipinski definition) is 0. The summed E-state index contributed by atoms with van der Waals surface area (Å²) in [7, 11) is 0. The van der Waals surface area contributed by atoms with Gasteiger partial charge in [0.2, 0.25) is 0 Å². The summed E-state index contributed by atoms with van der Waals surface area (Å²) >= 11 is 0. The van der Waals surface area contributed by atoms with Gasteiger partial charge in [-0.2, -0.15) is 0 Å². The van der Waals surface area contributed by atoms with Crippen molar-refractivity contribution < 1.29 is 9.15 Å². The fraction of sp³-hybridized carbons (Fsp3) is 0.0698. The lowest BCUT2D eigenvalue weighted by atomic mass is 9.75. The Hall–Kier alpha value is -5.60. The predicted molar refractivity (Wildman–Crippen MR) is 186 cm³/mol. The molecule has 2 heteroatoms. The van der Waals surface area contributed by atoms with Gasteiger partial charge in [0.05, 0.1) is 0 Å². The second kappa shape index (κ2) is 9.70. The van der Waals surface area contributed by atoms with Crippen molar-refractivity contribution in [2.75, 3.05) is 0 Å². The van der Waals surface area contributed by atoms with Crippen molar-refractivity contribution in [1.82, 2.24) is 0 Å². The van der Waals surface area contributed by atoms with Gasteiger partial charge in [0.1, 0.15) is 22.7 Å². The topological polar surface area (TPSA) is 22.4 Å². The first-order valence-electron chi connectivity index (χ1n) is 15.5. The molecular formula is C43H30O2. The zero-order valence-electron chi connectivity index (χ0n) is 25.2. The summed E-state index contributed by atoms with van der Waals surface area (Å²) in [5, 5.41) is 4.72. The smallest absolute Gasteiger partial charge is 0.136 e. The van der Waals surface area contributed by atoms with E-state index in [1.807, 2.05) is 6.07 Å². The zero-order chi connectivity index (χ0) is 30.1. The highest BCUT2D eigenvalue weighted by Crippen LogP contribution is 2.49. The van der Waals surface area contributed by atoms with Gasteiger partial charge in [0.25, 0.3) is 0 Å². The van der Waals surface area contributed by atoms with Crippen LogP contribution in [-0.4, -0.2) is 0 Å². The number of rotatable bonds is 3. The van der Waals surface area contributed by atoms with Crippen molar-refractivity contribution in [3.05, 3.63) is 157 Å². The predicted octanol–water partition coefficient (Wildman–Crippen LogP) is 12.2. The van der Waals surface area contributed by atoms with Gasteiger partial charge in [-0.15, -0.1) is 0 Å². The lowest BCUT2D eigenvalue weighted by Crippen LogP contribution is -2.24. The van der Waals surface area contributed by atoms with E-state index in [4.69, 9.17) is 9.15 Å². The van der Waals surface area contributed by atoms with Crippen molar-refractivity contribution in [3.63, 3.8) is 0 Å². The number of ether oxygens (including phenoxy) is 1. The lowest BCUT2D eigenvalue weighted by Gasteiger charge is -2.34. The van der Waals surface area contributed by atoms with E-state index in [0.717, 1.165) is 39.0 Å². The normalized spacial score (nSPS) is 13.5. The Labute approximate surface area is 262 Å². The first kappa shape index (κ1) is 25.9. The van der Waals surface area contributed by atoms with E-state index >= 15 is 0 Å². The number of hydrogen-bond acceptors (Lipinski definition) is 2. The average molecular weight is 579 g/mol. The highest BCUT2D eigenvalue weighted by Gasteiger charge is 2.34. The van der Waals surface area contributed by atoms with Gasteiger partial charge in [-0.25, -0.2) is 0 Å². The molecule has 9 rings (SSSR count). The molecular weight excluding hydrogens is 548 g/mol. The Morgan fingerprint density at radius 1 is 0.444 bits per heavy atom. The van der Waals surface area contributed by atoms with Gasteiger partial charge in [0.15, 0.2) is 0 Å². The highest BCUT2D eigenvalue weighted by molar-refractivity contribution is 6.15. The molecule has 0 spiro atoms. The maximum Gasteiger partial charge on any atom is 0.136 e. The van der Waals surface area contributed by atoms with Crippen molar-refractivity contribution in [3.8, 4) is 44.9 Å². The Kier molecular flexibility index (Phi) is 5.58. The van der Waals surface area contributed by atoms with Crippen LogP contribution in [0.5, 0.6) is 11.5 Å². The summed E-state index contributed by atoms with van der Waals surface area (Å²) in [6.07, 6.45) is 0.